The topological polar surface area (TPSA) is 23.8 Å². The number of hydrogen-bond donors (Lipinski definition) is 0. The Kier molecular flexibility index (Phi) is 5360. The maximum Gasteiger partial charge on any atom is 1.00 e. The highest BCUT2D eigenvalue weighted by molar-refractivity contribution is 4.03. The summed E-state index contributed by atoms with van der Waals surface area (Å²) in [5.74, 6) is 0. The second-order valence-electron chi connectivity index (χ2n) is 0. The van der Waals surface area contributed by atoms with E-state index in [4.69, 9.17) is 6.63 Å². The molecule has 0 atom stereocenters. The molecule has 0 fully saturated rings. The Balaban J connectivity index is -0.00000000133. The number of nitrogens with zero attached hydrogens (tertiary/aromatic N) is 1. The molecule has 0 rings (SSSR count). The second kappa shape index (κ2) is 426. The highest BCUT2D eigenvalue weighted by Gasteiger charge is 0.513. The fourth-order valence-electron chi connectivity index (χ4n) is 0. The molecule has 1 heteroatoms. The average Bonchev–Trinajstić information content (AvgIpc) is 0.918. The zero-order chi connectivity index (χ0) is 2.71. The first kappa shape index (κ1) is 88.1. The van der Waals surface area contributed by atoms with E-state index in [1.165, 1.54) is 0 Å². The van der Waals surface area contributed by atoms with Crippen LogP contribution in [0, 0.1) is 11.8 Å². The molecule has 0 spiro atoms. The molecule has 0 saturated heterocycles. The van der Waals surface area contributed by atoms with Gasteiger partial charge in [0.15, 0.2) is 1.37 Å². The highest BCUT2D eigenvalue weighted by atomic mass is 14.2. The summed E-state index contributed by atoms with van der Waals surface area (Å²) in [5, 5.41) is 6.99. The van der Waals surface area contributed by atoms with Crippen LogP contribution in [0.15, 0.2) is 0 Å². The van der Waals surface area contributed by atoms with Crippen LogP contribution in [0.3, 0.4) is 0 Å². The van der Waals surface area contributed by atoms with Gasteiger partial charge < -0.3 is 0 Å². The van der Waals surface area contributed by atoms with Gasteiger partial charge >= 0.3 is 1.43 Å². The SMILES string of the molecule is C.C.C.C.C.[3H]C#N.[H+]. The van der Waals surface area contributed by atoms with Gasteiger partial charge in [-0.25, -0.2) is 5.26 Å². The van der Waals surface area contributed by atoms with Crippen molar-refractivity contribution in [2.75, 3.05) is 0 Å². The summed E-state index contributed by atoms with van der Waals surface area (Å²) in [6, 6.07) is 0. The van der Waals surface area contributed by atoms with E-state index in [1.807, 2.05) is 0 Å². The molecule has 0 aliphatic heterocycles. The first-order valence-electron chi connectivity index (χ1n) is 0.724. The lowest BCUT2D eigenvalue weighted by atomic mass is 11.9. The van der Waals surface area contributed by atoms with Crippen LogP contribution in [-0.4, -0.2) is 0 Å². The first-order valence-corrected chi connectivity index (χ1v) is 0.224. The van der Waals surface area contributed by atoms with Crippen molar-refractivity contribution in [2.24, 2.45) is 0 Å². The Morgan fingerprint density at radius 3 is 1.14 bits per heavy atom. The fourth-order valence-corrected chi connectivity index (χ4v) is 0. The minimum atomic E-state index is 0. The third-order valence-electron chi connectivity index (χ3n) is 0. The minimum Gasteiger partial charge on any atom is -0.202 e. The van der Waals surface area contributed by atoms with Crippen molar-refractivity contribution in [1.82, 2.24) is 0 Å². The molecule has 0 aliphatic rings. The van der Waals surface area contributed by atoms with Gasteiger partial charge in [-0.3, -0.25) is 0 Å². The summed E-state index contributed by atoms with van der Waals surface area (Å²) in [6.07, 6.45) is 0. The van der Waals surface area contributed by atoms with Crippen LogP contribution in [-0.2, 0) is 0 Å². The molecule has 1 nitrogen and oxygen atoms in total. The van der Waals surface area contributed by atoms with E-state index in [2.05, 4.69) is 0 Å². The fraction of sp³-hybridized carbons (Fsp3) is 0.833. The molecule has 0 aromatic heterocycles. The van der Waals surface area contributed by atoms with E-state index in [0.717, 1.165) is 6.55 Å². The van der Waals surface area contributed by atoms with Crippen LogP contribution in [0.25, 0.3) is 0 Å². The smallest absolute Gasteiger partial charge is 0.202 e. The minimum absolute atomic E-state index is 0. The van der Waals surface area contributed by atoms with Gasteiger partial charge in [-0.2, -0.15) is 0 Å². The van der Waals surface area contributed by atoms with Gasteiger partial charge in [-0.05, 0) is 0 Å². The van der Waals surface area contributed by atoms with E-state index < -0.39 is 0 Å². The van der Waals surface area contributed by atoms with Crippen LogP contribution in [0.2, 0.25) is 0 Å². The van der Waals surface area contributed by atoms with Gasteiger partial charge in [0, 0.05) is 6.55 Å². The van der Waals surface area contributed by atoms with Gasteiger partial charge in [-0.15, -0.1) is 0 Å². The van der Waals surface area contributed by atoms with Crippen LogP contribution in [0.5, 0.6) is 0 Å². The van der Waals surface area contributed by atoms with Crippen molar-refractivity contribution in [3.63, 3.8) is 0 Å². The summed E-state index contributed by atoms with van der Waals surface area (Å²) < 4.78 is 5.51. The Labute approximate surface area is 52.9 Å². The zero-order valence-electron chi connectivity index (χ0n) is 2.95. The predicted molar refractivity (Wildman–Crippen MR) is 41.4 cm³/mol. The third-order valence-corrected chi connectivity index (χ3v) is 0. The average molecular weight is 110 g/mol. The number of nitriles is 1. The van der Waals surface area contributed by atoms with E-state index in [9.17, 15) is 0 Å². The second-order valence-corrected chi connectivity index (χ2v) is 0. The van der Waals surface area contributed by atoms with Crippen molar-refractivity contribution < 1.29 is 2.80 Å². The molecule has 7 heavy (non-hydrogen) atoms. The summed E-state index contributed by atoms with van der Waals surface area (Å²) in [6.45, 7) is 1.00. The van der Waals surface area contributed by atoms with Crippen LogP contribution in [0.4, 0.5) is 0 Å². The normalized spacial score (nSPS) is 1.29. The first-order chi connectivity index (χ1) is 1.41. The van der Waals surface area contributed by atoms with Gasteiger partial charge in [-0.1, -0.05) is 37.1 Å². The van der Waals surface area contributed by atoms with Crippen molar-refractivity contribution in [3.8, 4) is 6.55 Å². The molecule has 0 aromatic carbocycles. The molecule has 0 aromatic rings. The quantitative estimate of drug-likeness (QED) is 0.468. The Morgan fingerprint density at radius 2 is 1.14 bits per heavy atom. The van der Waals surface area contributed by atoms with Crippen molar-refractivity contribution in [2.45, 2.75) is 37.1 Å². The van der Waals surface area contributed by atoms with E-state index in [0.29, 0.717) is 0 Å². The molecular weight excluding hydrogens is 86.1 g/mol. The standard InChI is InChI=1S/CHN.5CH4/c1-2;;;;;/h1H;5*1H4/p+1/i1T;;;;;. The molecular formula is C6H22N+. The Bertz CT molecular complexity index is 32.5. The summed E-state index contributed by atoms with van der Waals surface area (Å²) in [4.78, 5) is 0. The molecule has 0 N–H and O–H groups in total. The van der Waals surface area contributed by atoms with Gasteiger partial charge in [0.1, 0.15) is 0 Å². The van der Waals surface area contributed by atoms with Crippen molar-refractivity contribution >= 4 is 0 Å². The van der Waals surface area contributed by atoms with Gasteiger partial charge in [0.05, 0.1) is 0 Å². The number of hydrogen-bond acceptors (Lipinski definition) is 1. The maximum atomic E-state index is 6.99. The van der Waals surface area contributed by atoms with E-state index >= 15 is 0 Å². The van der Waals surface area contributed by atoms with Gasteiger partial charge in [0.2, 0.25) is 0 Å². The largest absolute Gasteiger partial charge is 1.00 e. The summed E-state index contributed by atoms with van der Waals surface area (Å²) in [5.41, 5.74) is 0. The zero-order valence-corrected chi connectivity index (χ0v) is 0.947. The highest BCUT2D eigenvalue weighted by Crippen LogP contribution is 0.586. The maximum absolute atomic E-state index is 6.99. The van der Waals surface area contributed by atoms with E-state index in [1.54, 1.807) is 0 Å². The lowest BCUT2D eigenvalue weighted by Gasteiger charge is -0.668. The Morgan fingerprint density at radius 1 is 1.14 bits per heavy atom. The number of rotatable bonds is 0. The molecule has 0 unspecified atom stereocenters. The van der Waals surface area contributed by atoms with Gasteiger partial charge in [0.25, 0.3) is 0 Å². The molecule has 0 heterocycles. The lowest BCUT2D eigenvalue weighted by Crippen LogP contribution is -0.569. The van der Waals surface area contributed by atoms with Crippen LogP contribution in [0.1, 0.15) is 39.9 Å². The molecule has 50 valence electrons. The predicted octanol–water partition coefficient (Wildman–Crippen LogP) is 3.43. The van der Waals surface area contributed by atoms with Crippen LogP contribution >= 0.6 is 0 Å². The molecule has 0 amide bonds. The molecule has 0 saturated carbocycles. The monoisotopic (exact) mass is 110 g/mol. The summed E-state index contributed by atoms with van der Waals surface area (Å²) in [7, 11) is 0. The summed E-state index contributed by atoms with van der Waals surface area (Å²) >= 11 is 0. The molecule has 0 radical (unpaired) electrons. The van der Waals surface area contributed by atoms with E-state index in [-0.39, 0.29) is 38.6 Å². The molecule has 0 aliphatic carbocycles. The van der Waals surface area contributed by atoms with Crippen LogP contribution < -0.4 is 0 Å². The Hall–Kier alpha value is -0.510. The lowest BCUT2D eigenvalue weighted by molar-refractivity contribution is 1.58. The molecule has 0 bridgehead atoms. The van der Waals surface area contributed by atoms with Crippen molar-refractivity contribution in [3.05, 3.63) is 0 Å². The third kappa shape index (κ3) is 257. The van der Waals surface area contributed by atoms with Crippen molar-refractivity contribution in [1.29, 1.82) is 5.26 Å².